The minimum Gasteiger partial charge on any atom is -0.162 e. The zero-order valence-corrected chi connectivity index (χ0v) is 6.79. The second-order valence-corrected chi connectivity index (χ2v) is 8.45. The van der Waals surface area contributed by atoms with E-state index in [0.717, 1.165) is 0 Å². The first-order chi connectivity index (χ1) is 3.06. The smallest absolute Gasteiger partial charge is 0.162 e. The van der Waals surface area contributed by atoms with Gasteiger partial charge in [-0.1, -0.05) is 24.9 Å². The van der Waals surface area contributed by atoms with E-state index in [2.05, 4.69) is 18.8 Å². The largest absolute Gasteiger partial charge is 0.173 e. The van der Waals surface area contributed by atoms with Crippen LogP contribution < -0.4 is 0 Å². The Morgan fingerprint density at radius 1 is 1.43 bits per heavy atom. The van der Waals surface area contributed by atoms with Crippen molar-refractivity contribution in [3.8, 4) is 0 Å². The van der Waals surface area contributed by atoms with Crippen molar-refractivity contribution in [1.29, 1.82) is 0 Å². The molecular formula is C5H11ClSi. The van der Waals surface area contributed by atoms with E-state index in [1.165, 1.54) is 0 Å². The van der Waals surface area contributed by atoms with Gasteiger partial charge in [0.05, 0.1) is 0 Å². The molecule has 0 amide bonds. The molecule has 0 unspecified atom stereocenters. The zero-order chi connectivity index (χ0) is 5.91. The first-order valence-corrected chi connectivity index (χ1v) is 6.48. The number of hydrogen-bond acceptors (Lipinski definition) is 0. The molecule has 0 aliphatic heterocycles. The Morgan fingerprint density at radius 2 is 1.86 bits per heavy atom. The third-order valence-corrected chi connectivity index (χ3v) is 2.07. The standard InChI is InChI=1S/C5H11ClSi/c1-4-5-7(2,3)6/h4-5H,1-3H3/b5-4+. The summed E-state index contributed by atoms with van der Waals surface area (Å²) in [4.78, 5) is 0. The van der Waals surface area contributed by atoms with Crippen LogP contribution in [0.5, 0.6) is 0 Å². The Bertz CT molecular complexity index is 70.6. The van der Waals surface area contributed by atoms with Gasteiger partial charge in [-0.3, -0.25) is 0 Å². The summed E-state index contributed by atoms with van der Waals surface area (Å²) in [5.74, 6) is 0. The predicted molar refractivity (Wildman–Crippen MR) is 38.1 cm³/mol. The lowest BCUT2D eigenvalue weighted by Gasteiger charge is -2.02. The van der Waals surface area contributed by atoms with E-state index >= 15 is 0 Å². The average molecular weight is 135 g/mol. The van der Waals surface area contributed by atoms with Crippen LogP contribution in [-0.2, 0) is 0 Å². The van der Waals surface area contributed by atoms with Crippen LogP contribution in [-0.4, -0.2) is 7.38 Å². The molecule has 42 valence electrons. The van der Waals surface area contributed by atoms with E-state index in [1.807, 2.05) is 13.0 Å². The van der Waals surface area contributed by atoms with Crippen molar-refractivity contribution in [3.05, 3.63) is 11.8 Å². The van der Waals surface area contributed by atoms with Gasteiger partial charge in [0.2, 0.25) is 0 Å². The van der Waals surface area contributed by atoms with E-state index in [4.69, 9.17) is 11.1 Å². The van der Waals surface area contributed by atoms with Gasteiger partial charge in [-0.05, 0) is 6.92 Å². The van der Waals surface area contributed by atoms with Crippen molar-refractivity contribution in [2.45, 2.75) is 20.0 Å². The van der Waals surface area contributed by atoms with Crippen molar-refractivity contribution in [1.82, 2.24) is 0 Å². The van der Waals surface area contributed by atoms with Crippen LogP contribution in [0.1, 0.15) is 6.92 Å². The molecule has 0 saturated heterocycles. The summed E-state index contributed by atoms with van der Waals surface area (Å²) in [6, 6.07) is 0. The topological polar surface area (TPSA) is 0 Å². The highest BCUT2D eigenvalue weighted by molar-refractivity contribution is 7.21. The quantitative estimate of drug-likeness (QED) is 0.382. The van der Waals surface area contributed by atoms with Gasteiger partial charge in [0.15, 0.2) is 7.38 Å². The fraction of sp³-hybridized carbons (Fsp3) is 0.600. The van der Waals surface area contributed by atoms with Gasteiger partial charge in [-0.25, -0.2) is 0 Å². The summed E-state index contributed by atoms with van der Waals surface area (Å²) in [5, 5.41) is 0. The molecule has 0 aromatic rings. The van der Waals surface area contributed by atoms with E-state index in [0.29, 0.717) is 0 Å². The molecule has 0 aliphatic carbocycles. The lowest BCUT2D eigenvalue weighted by Crippen LogP contribution is -2.10. The lowest BCUT2D eigenvalue weighted by molar-refractivity contribution is 1.75. The molecule has 0 aromatic heterocycles. The van der Waals surface area contributed by atoms with Crippen molar-refractivity contribution < 1.29 is 0 Å². The van der Waals surface area contributed by atoms with Crippen molar-refractivity contribution >= 4 is 18.5 Å². The predicted octanol–water partition coefficient (Wildman–Crippen LogP) is 2.55. The van der Waals surface area contributed by atoms with Gasteiger partial charge in [0.1, 0.15) is 0 Å². The van der Waals surface area contributed by atoms with E-state index in [-0.39, 0.29) is 0 Å². The first kappa shape index (κ1) is 7.25. The maximum absolute atomic E-state index is 5.89. The van der Waals surface area contributed by atoms with Crippen LogP contribution in [0.25, 0.3) is 0 Å². The Morgan fingerprint density at radius 3 is 1.86 bits per heavy atom. The molecule has 2 heteroatoms. The number of hydrogen-bond donors (Lipinski definition) is 0. The molecule has 7 heavy (non-hydrogen) atoms. The van der Waals surface area contributed by atoms with Gasteiger partial charge in [0.25, 0.3) is 0 Å². The SMILES string of the molecule is C/C=C/[Si](C)(C)Cl. The molecule has 0 aliphatic rings. The second kappa shape index (κ2) is 2.53. The summed E-state index contributed by atoms with van der Waals surface area (Å²) < 4.78 is 0. The molecule has 0 rings (SSSR count). The van der Waals surface area contributed by atoms with Crippen LogP contribution in [0.2, 0.25) is 13.1 Å². The van der Waals surface area contributed by atoms with Crippen LogP contribution in [0, 0.1) is 0 Å². The fourth-order valence-electron chi connectivity index (χ4n) is 0.396. The number of halogens is 1. The normalized spacial score (nSPS) is 13.1. The van der Waals surface area contributed by atoms with Crippen LogP contribution in [0.15, 0.2) is 11.8 Å². The highest BCUT2D eigenvalue weighted by atomic mass is 35.6. The Hall–Kier alpha value is 0.247. The highest BCUT2D eigenvalue weighted by Crippen LogP contribution is 2.07. The minimum absolute atomic E-state index is 1.37. The molecular weight excluding hydrogens is 124 g/mol. The molecule has 0 aromatic carbocycles. The van der Waals surface area contributed by atoms with Gasteiger partial charge in [-0.2, -0.15) is 11.1 Å². The van der Waals surface area contributed by atoms with Gasteiger partial charge < -0.3 is 0 Å². The highest BCUT2D eigenvalue weighted by Gasteiger charge is 2.09. The van der Waals surface area contributed by atoms with Gasteiger partial charge in [-0.15, -0.1) is 0 Å². The van der Waals surface area contributed by atoms with Crippen molar-refractivity contribution in [2.75, 3.05) is 0 Å². The Kier molecular flexibility index (Phi) is 2.62. The molecule has 0 heterocycles. The molecule has 0 nitrogen and oxygen atoms in total. The van der Waals surface area contributed by atoms with Crippen LogP contribution in [0.3, 0.4) is 0 Å². The summed E-state index contributed by atoms with van der Waals surface area (Å²) >= 11 is 5.89. The summed E-state index contributed by atoms with van der Waals surface area (Å²) in [5.41, 5.74) is 2.09. The molecule has 0 fully saturated rings. The van der Waals surface area contributed by atoms with E-state index in [1.54, 1.807) is 0 Å². The minimum atomic E-state index is -1.37. The fourth-order valence-corrected chi connectivity index (χ4v) is 1.57. The average Bonchev–Trinajstić information content (AvgIpc) is 1.30. The summed E-state index contributed by atoms with van der Waals surface area (Å²) in [6.45, 7) is 6.18. The first-order valence-electron chi connectivity index (χ1n) is 2.39. The second-order valence-electron chi connectivity index (χ2n) is 2.06. The van der Waals surface area contributed by atoms with E-state index < -0.39 is 7.38 Å². The molecule has 0 N–H and O–H groups in total. The maximum Gasteiger partial charge on any atom is 0.173 e. The van der Waals surface area contributed by atoms with Gasteiger partial charge in [0, 0.05) is 0 Å². The number of allylic oxidation sites excluding steroid dienone is 1. The third-order valence-electron chi connectivity index (χ3n) is 0.563. The maximum atomic E-state index is 5.89. The molecule has 0 saturated carbocycles. The lowest BCUT2D eigenvalue weighted by atomic mass is 10.8. The number of rotatable bonds is 1. The third kappa shape index (κ3) is 6.25. The molecule has 0 atom stereocenters. The van der Waals surface area contributed by atoms with Crippen molar-refractivity contribution in [3.63, 3.8) is 0 Å². The molecule has 0 spiro atoms. The van der Waals surface area contributed by atoms with Crippen LogP contribution >= 0.6 is 11.1 Å². The summed E-state index contributed by atoms with van der Waals surface area (Å²) in [7, 11) is -1.37. The molecule has 0 radical (unpaired) electrons. The molecule has 0 bridgehead atoms. The summed E-state index contributed by atoms with van der Waals surface area (Å²) in [6.07, 6.45) is 2.01. The Labute approximate surface area is 50.9 Å². The van der Waals surface area contributed by atoms with Crippen molar-refractivity contribution in [2.24, 2.45) is 0 Å². The van der Waals surface area contributed by atoms with Gasteiger partial charge >= 0.3 is 0 Å². The van der Waals surface area contributed by atoms with E-state index in [9.17, 15) is 0 Å². The Balaban J connectivity index is 3.56. The zero-order valence-electron chi connectivity index (χ0n) is 5.03. The van der Waals surface area contributed by atoms with Crippen LogP contribution in [0.4, 0.5) is 0 Å². The monoisotopic (exact) mass is 134 g/mol.